The number of rotatable bonds is 7. The lowest BCUT2D eigenvalue weighted by Crippen LogP contribution is -2.29. The summed E-state index contributed by atoms with van der Waals surface area (Å²) < 4.78 is 0. The quantitative estimate of drug-likeness (QED) is 0.596. The molecule has 2 rings (SSSR count). The number of carbonyl (C=O) groups excluding carboxylic acids is 2. The van der Waals surface area contributed by atoms with Gasteiger partial charge < -0.3 is 10.2 Å². The first-order valence-electron chi connectivity index (χ1n) is 9.57. The molecule has 1 atom stereocenters. The van der Waals surface area contributed by atoms with Crippen LogP contribution in [0.4, 0.5) is 0 Å². The first-order chi connectivity index (χ1) is 13.4. The Labute approximate surface area is 172 Å². The molecule has 0 aliphatic carbocycles. The SMILES string of the molecule is Cc1cc(C)c(C(=O)[P+](O)(CC(O)CO)C(=O)c2c(C)cc(C)cc2C)c(C)c1. The smallest absolute Gasteiger partial charge is 0.336 e. The van der Waals surface area contributed by atoms with Crippen molar-refractivity contribution in [3.8, 4) is 0 Å². The van der Waals surface area contributed by atoms with E-state index < -0.39 is 37.4 Å². The molecule has 0 saturated carbocycles. The Morgan fingerprint density at radius 1 is 0.793 bits per heavy atom. The van der Waals surface area contributed by atoms with E-state index in [4.69, 9.17) is 0 Å². The van der Waals surface area contributed by atoms with Gasteiger partial charge >= 0.3 is 11.0 Å². The molecular weight excluding hydrogens is 387 g/mol. The van der Waals surface area contributed by atoms with E-state index in [0.29, 0.717) is 33.4 Å². The highest BCUT2D eigenvalue weighted by atomic mass is 31.2. The molecule has 0 saturated heterocycles. The van der Waals surface area contributed by atoms with Crippen LogP contribution < -0.4 is 0 Å². The molecular formula is C23H30O5P+. The summed E-state index contributed by atoms with van der Waals surface area (Å²) in [5.74, 6) is 0. The van der Waals surface area contributed by atoms with Crippen molar-refractivity contribution >= 4 is 18.5 Å². The molecule has 0 amide bonds. The highest BCUT2D eigenvalue weighted by molar-refractivity contribution is 8.00. The van der Waals surface area contributed by atoms with Gasteiger partial charge in [0.15, 0.2) is 0 Å². The summed E-state index contributed by atoms with van der Waals surface area (Å²) in [6.07, 6.45) is -1.83. The zero-order chi connectivity index (χ0) is 22.1. The van der Waals surface area contributed by atoms with Crippen molar-refractivity contribution < 1.29 is 24.7 Å². The predicted octanol–water partition coefficient (Wildman–Crippen LogP) is 3.80. The Kier molecular flexibility index (Phi) is 7.13. The number of benzene rings is 2. The largest absolute Gasteiger partial charge is 0.394 e. The van der Waals surface area contributed by atoms with E-state index in [1.54, 1.807) is 27.7 Å². The fourth-order valence-corrected chi connectivity index (χ4v) is 6.71. The molecule has 2 aromatic rings. The van der Waals surface area contributed by atoms with E-state index in [1.165, 1.54) is 0 Å². The summed E-state index contributed by atoms with van der Waals surface area (Å²) in [5, 5.41) is 19.4. The molecule has 3 N–H and O–H groups in total. The van der Waals surface area contributed by atoms with Crippen LogP contribution >= 0.6 is 7.49 Å². The van der Waals surface area contributed by atoms with Crippen LogP contribution in [0.25, 0.3) is 0 Å². The highest BCUT2D eigenvalue weighted by Crippen LogP contribution is 2.61. The Bertz CT molecular complexity index is 848. The van der Waals surface area contributed by atoms with Gasteiger partial charge in [-0.05, 0) is 63.8 Å². The minimum absolute atomic E-state index is 0.312. The van der Waals surface area contributed by atoms with Gasteiger partial charge in [0.2, 0.25) is 0 Å². The second-order valence-electron chi connectivity index (χ2n) is 7.95. The Hall–Kier alpha value is -1.91. The lowest BCUT2D eigenvalue weighted by Gasteiger charge is -2.22. The van der Waals surface area contributed by atoms with Crippen LogP contribution in [0.5, 0.6) is 0 Å². The molecule has 2 aromatic carbocycles. The molecule has 1 unspecified atom stereocenters. The summed E-state index contributed by atoms with van der Waals surface area (Å²) in [6, 6.07) is 7.33. The lowest BCUT2D eigenvalue weighted by atomic mass is 10.0. The Morgan fingerprint density at radius 3 is 1.38 bits per heavy atom. The van der Waals surface area contributed by atoms with E-state index in [1.807, 2.05) is 38.1 Å². The molecule has 5 nitrogen and oxygen atoms in total. The zero-order valence-corrected chi connectivity index (χ0v) is 18.8. The molecule has 6 heteroatoms. The van der Waals surface area contributed by atoms with Crippen molar-refractivity contribution in [1.82, 2.24) is 0 Å². The van der Waals surface area contributed by atoms with Crippen molar-refractivity contribution in [2.45, 2.75) is 47.6 Å². The van der Waals surface area contributed by atoms with Gasteiger partial charge in [-0.1, -0.05) is 35.4 Å². The Balaban J connectivity index is 2.69. The molecule has 0 heterocycles. The molecule has 0 radical (unpaired) electrons. The summed E-state index contributed by atoms with van der Waals surface area (Å²) in [6.45, 7) is 10.3. The highest BCUT2D eigenvalue weighted by Gasteiger charge is 2.57. The third kappa shape index (κ3) is 4.65. The normalized spacial score (nSPS) is 12.7. The molecule has 29 heavy (non-hydrogen) atoms. The van der Waals surface area contributed by atoms with Gasteiger partial charge in [0, 0.05) is 0 Å². The zero-order valence-electron chi connectivity index (χ0n) is 17.9. The fourth-order valence-electron chi connectivity index (χ4n) is 4.03. The molecule has 0 fully saturated rings. The van der Waals surface area contributed by atoms with Crippen LogP contribution in [0.3, 0.4) is 0 Å². The monoisotopic (exact) mass is 417 g/mol. The topological polar surface area (TPSA) is 94.8 Å². The average Bonchev–Trinajstić information content (AvgIpc) is 2.59. The molecule has 0 aromatic heterocycles. The van der Waals surface area contributed by atoms with Crippen molar-refractivity contribution in [3.05, 3.63) is 68.8 Å². The number of carbonyl (C=O) groups is 2. The third-order valence-electron chi connectivity index (χ3n) is 5.14. The number of hydrogen-bond acceptors (Lipinski definition) is 5. The van der Waals surface area contributed by atoms with Crippen LogP contribution in [0, 0.1) is 41.5 Å². The second kappa shape index (κ2) is 8.85. The molecule has 156 valence electrons. The molecule has 0 bridgehead atoms. The average molecular weight is 417 g/mol. The van der Waals surface area contributed by atoms with Gasteiger partial charge in [-0.25, -0.2) is 14.5 Å². The van der Waals surface area contributed by atoms with Gasteiger partial charge in [-0.2, -0.15) is 0 Å². The van der Waals surface area contributed by atoms with Gasteiger partial charge in [0.05, 0.1) is 17.7 Å². The predicted molar refractivity (Wildman–Crippen MR) is 117 cm³/mol. The maximum atomic E-state index is 13.6. The fraction of sp³-hybridized carbons (Fsp3) is 0.391. The molecule has 0 spiro atoms. The van der Waals surface area contributed by atoms with Crippen molar-refractivity contribution in [3.63, 3.8) is 0 Å². The van der Waals surface area contributed by atoms with Gasteiger partial charge in [-0.15, -0.1) is 0 Å². The summed E-state index contributed by atoms with van der Waals surface area (Å²) in [5.41, 5.74) is 3.98. The number of hydrogen-bond donors (Lipinski definition) is 3. The van der Waals surface area contributed by atoms with Crippen LogP contribution in [0.1, 0.15) is 54.1 Å². The van der Waals surface area contributed by atoms with E-state index in [0.717, 1.165) is 11.1 Å². The minimum atomic E-state index is -3.99. The Morgan fingerprint density at radius 2 is 1.10 bits per heavy atom. The van der Waals surface area contributed by atoms with E-state index in [-0.39, 0.29) is 0 Å². The van der Waals surface area contributed by atoms with Crippen molar-refractivity contribution in [2.75, 3.05) is 12.8 Å². The minimum Gasteiger partial charge on any atom is -0.394 e. The van der Waals surface area contributed by atoms with E-state index in [2.05, 4.69) is 0 Å². The van der Waals surface area contributed by atoms with Crippen LogP contribution in [-0.2, 0) is 0 Å². The summed E-state index contributed by atoms with van der Waals surface area (Å²) in [7, 11) is -3.99. The van der Waals surface area contributed by atoms with Gasteiger partial charge in [-0.3, -0.25) is 0 Å². The maximum Gasteiger partial charge on any atom is 0.336 e. The first kappa shape index (κ1) is 23.4. The number of aliphatic hydroxyl groups excluding tert-OH is 2. The van der Waals surface area contributed by atoms with Gasteiger partial charge in [0.25, 0.3) is 7.49 Å². The third-order valence-corrected chi connectivity index (χ3v) is 7.88. The van der Waals surface area contributed by atoms with Gasteiger partial charge in [0.1, 0.15) is 12.3 Å². The second-order valence-corrected chi connectivity index (χ2v) is 10.7. The summed E-state index contributed by atoms with van der Waals surface area (Å²) in [4.78, 5) is 38.7. The van der Waals surface area contributed by atoms with Crippen LogP contribution in [0.15, 0.2) is 24.3 Å². The summed E-state index contributed by atoms with van der Waals surface area (Å²) >= 11 is 0. The first-order valence-corrected chi connectivity index (χ1v) is 11.5. The van der Waals surface area contributed by atoms with E-state index >= 15 is 0 Å². The van der Waals surface area contributed by atoms with Crippen LogP contribution in [-0.4, -0.2) is 45.0 Å². The number of aliphatic hydroxyl groups is 2. The van der Waals surface area contributed by atoms with Crippen molar-refractivity contribution in [2.24, 2.45) is 0 Å². The van der Waals surface area contributed by atoms with Crippen molar-refractivity contribution in [1.29, 1.82) is 0 Å². The molecule has 0 aliphatic rings. The maximum absolute atomic E-state index is 13.6. The van der Waals surface area contributed by atoms with E-state index in [9.17, 15) is 24.7 Å². The molecule has 0 aliphatic heterocycles. The standard InChI is InChI=1S/C23H30O5P/c1-13-7-15(3)20(16(4)8-13)22(26)29(28,12-19(25)11-24)23(27)21-17(5)9-14(2)10-18(21)6/h7-10,19,24-25,28H,11-12H2,1-6H3/q+1. The lowest BCUT2D eigenvalue weighted by molar-refractivity contribution is 0.0976. The number of aryl methyl sites for hydroxylation is 6. The van der Waals surface area contributed by atoms with Crippen LogP contribution in [0.2, 0.25) is 0 Å².